The highest BCUT2D eigenvalue weighted by molar-refractivity contribution is 7.80. The second-order valence-electron chi connectivity index (χ2n) is 4.50. The van der Waals surface area contributed by atoms with Gasteiger partial charge in [0.2, 0.25) is 0 Å². The van der Waals surface area contributed by atoms with Gasteiger partial charge < -0.3 is 10.5 Å². The SMILES string of the molecule is CCCCCCC(C)OC(CC)CC(N)=S. The molecule has 0 saturated heterocycles. The smallest absolute Gasteiger partial charge is 0.0753 e. The highest BCUT2D eigenvalue weighted by Gasteiger charge is 2.12. The molecule has 0 amide bonds. The summed E-state index contributed by atoms with van der Waals surface area (Å²) in [7, 11) is 0. The summed E-state index contributed by atoms with van der Waals surface area (Å²) in [5.74, 6) is 0. The molecule has 2 unspecified atom stereocenters. The van der Waals surface area contributed by atoms with Crippen molar-refractivity contribution in [2.24, 2.45) is 5.73 Å². The number of hydrogen-bond acceptors (Lipinski definition) is 2. The number of ether oxygens (including phenoxy) is 1. The molecular formula is C13H27NOS. The Morgan fingerprint density at radius 2 is 1.94 bits per heavy atom. The molecule has 96 valence electrons. The van der Waals surface area contributed by atoms with Crippen molar-refractivity contribution in [3.05, 3.63) is 0 Å². The second kappa shape index (κ2) is 10.0. The Kier molecular flexibility index (Phi) is 9.94. The first-order valence-electron chi connectivity index (χ1n) is 6.53. The summed E-state index contributed by atoms with van der Waals surface area (Å²) in [6.07, 6.45) is 8.57. The monoisotopic (exact) mass is 245 g/mol. The molecule has 2 N–H and O–H groups in total. The minimum absolute atomic E-state index is 0.207. The van der Waals surface area contributed by atoms with Crippen molar-refractivity contribution in [3.63, 3.8) is 0 Å². The average Bonchev–Trinajstić information content (AvgIpc) is 2.23. The first-order chi connectivity index (χ1) is 7.60. The first-order valence-corrected chi connectivity index (χ1v) is 6.94. The van der Waals surface area contributed by atoms with Gasteiger partial charge in [-0.1, -0.05) is 51.7 Å². The zero-order valence-electron chi connectivity index (χ0n) is 11.0. The van der Waals surface area contributed by atoms with Crippen LogP contribution in [0.1, 0.15) is 65.7 Å². The lowest BCUT2D eigenvalue weighted by molar-refractivity contribution is -0.00477. The van der Waals surface area contributed by atoms with E-state index in [9.17, 15) is 0 Å². The van der Waals surface area contributed by atoms with Gasteiger partial charge in [-0.2, -0.15) is 0 Å². The van der Waals surface area contributed by atoms with Gasteiger partial charge in [-0.3, -0.25) is 0 Å². The molecule has 0 spiro atoms. The molecule has 16 heavy (non-hydrogen) atoms. The minimum atomic E-state index is 0.207. The summed E-state index contributed by atoms with van der Waals surface area (Å²) in [5.41, 5.74) is 5.54. The molecule has 3 heteroatoms. The molecule has 0 aliphatic heterocycles. The quantitative estimate of drug-likeness (QED) is 0.469. The molecule has 0 aromatic heterocycles. The van der Waals surface area contributed by atoms with E-state index in [1.54, 1.807) is 0 Å². The van der Waals surface area contributed by atoms with Crippen molar-refractivity contribution in [2.75, 3.05) is 0 Å². The Labute approximate surface area is 106 Å². The molecule has 0 aromatic carbocycles. The van der Waals surface area contributed by atoms with Crippen LogP contribution in [-0.4, -0.2) is 17.2 Å². The van der Waals surface area contributed by atoms with E-state index >= 15 is 0 Å². The summed E-state index contributed by atoms with van der Waals surface area (Å²) in [5, 5.41) is 0. The van der Waals surface area contributed by atoms with Crippen LogP contribution in [0.2, 0.25) is 0 Å². The zero-order valence-corrected chi connectivity index (χ0v) is 11.8. The second-order valence-corrected chi connectivity index (χ2v) is 5.02. The summed E-state index contributed by atoms with van der Waals surface area (Å²) >= 11 is 4.91. The van der Waals surface area contributed by atoms with E-state index in [1.807, 2.05) is 0 Å². The number of nitrogens with two attached hydrogens (primary N) is 1. The zero-order chi connectivity index (χ0) is 12.4. The van der Waals surface area contributed by atoms with Gasteiger partial charge in [0.05, 0.1) is 17.2 Å². The van der Waals surface area contributed by atoms with Crippen LogP contribution in [0.15, 0.2) is 0 Å². The lowest BCUT2D eigenvalue weighted by Crippen LogP contribution is -2.24. The fraction of sp³-hybridized carbons (Fsp3) is 0.923. The Balaban J connectivity index is 3.65. The average molecular weight is 245 g/mol. The summed E-state index contributed by atoms with van der Waals surface area (Å²) in [6, 6.07) is 0. The van der Waals surface area contributed by atoms with Crippen LogP contribution in [0.3, 0.4) is 0 Å². The van der Waals surface area contributed by atoms with Gasteiger partial charge in [0.15, 0.2) is 0 Å². The molecule has 0 aliphatic carbocycles. The molecule has 0 aromatic rings. The first kappa shape index (κ1) is 15.9. The molecule has 0 aliphatic rings. The summed E-state index contributed by atoms with van der Waals surface area (Å²) in [6.45, 7) is 6.50. The topological polar surface area (TPSA) is 35.2 Å². The Morgan fingerprint density at radius 3 is 2.44 bits per heavy atom. The van der Waals surface area contributed by atoms with Gasteiger partial charge in [0.1, 0.15) is 0 Å². The lowest BCUT2D eigenvalue weighted by Gasteiger charge is -2.21. The molecule has 0 bridgehead atoms. The number of unbranched alkanes of at least 4 members (excludes halogenated alkanes) is 3. The molecule has 0 radical (unpaired) electrons. The third-order valence-electron chi connectivity index (χ3n) is 2.77. The van der Waals surface area contributed by atoms with Crippen molar-refractivity contribution in [1.82, 2.24) is 0 Å². The number of thiocarbonyl (C=S) groups is 1. The van der Waals surface area contributed by atoms with Crippen LogP contribution in [0.25, 0.3) is 0 Å². The maximum absolute atomic E-state index is 5.92. The molecule has 0 rings (SSSR count). The molecule has 0 heterocycles. The fourth-order valence-electron chi connectivity index (χ4n) is 1.77. The van der Waals surface area contributed by atoms with E-state index in [1.165, 1.54) is 25.7 Å². The molecule has 0 saturated carbocycles. The molecular weight excluding hydrogens is 218 g/mol. The largest absolute Gasteiger partial charge is 0.393 e. The van der Waals surface area contributed by atoms with Crippen molar-refractivity contribution in [2.45, 2.75) is 77.9 Å². The standard InChI is InChI=1S/C13H27NOS/c1-4-6-7-8-9-11(3)15-12(5-2)10-13(14)16/h11-12H,4-10H2,1-3H3,(H2,14,16). The van der Waals surface area contributed by atoms with E-state index in [-0.39, 0.29) is 6.10 Å². The highest BCUT2D eigenvalue weighted by atomic mass is 32.1. The van der Waals surface area contributed by atoms with E-state index in [2.05, 4.69) is 20.8 Å². The van der Waals surface area contributed by atoms with Crippen molar-refractivity contribution in [1.29, 1.82) is 0 Å². The van der Waals surface area contributed by atoms with Crippen molar-refractivity contribution >= 4 is 17.2 Å². The van der Waals surface area contributed by atoms with Crippen molar-refractivity contribution in [3.8, 4) is 0 Å². The van der Waals surface area contributed by atoms with Crippen LogP contribution in [0.5, 0.6) is 0 Å². The predicted molar refractivity (Wildman–Crippen MR) is 74.8 cm³/mol. The predicted octanol–water partition coefficient (Wildman–Crippen LogP) is 3.82. The van der Waals surface area contributed by atoms with E-state index in [0.717, 1.165) is 12.8 Å². The summed E-state index contributed by atoms with van der Waals surface area (Å²) < 4.78 is 5.92. The van der Waals surface area contributed by atoms with Crippen LogP contribution >= 0.6 is 12.2 Å². The van der Waals surface area contributed by atoms with Gasteiger partial charge in [0.25, 0.3) is 0 Å². The van der Waals surface area contributed by atoms with Gasteiger partial charge in [-0.15, -0.1) is 0 Å². The van der Waals surface area contributed by atoms with Gasteiger partial charge in [-0.25, -0.2) is 0 Å². The van der Waals surface area contributed by atoms with Gasteiger partial charge in [0, 0.05) is 6.42 Å². The summed E-state index contributed by atoms with van der Waals surface area (Å²) in [4.78, 5) is 0.560. The number of hydrogen-bond donors (Lipinski definition) is 1. The minimum Gasteiger partial charge on any atom is -0.393 e. The van der Waals surface area contributed by atoms with Crippen LogP contribution in [0, 0.1) is 0 Å². The van der Waals surface area contributed by atoms with Crippen LogP contribution < -0.4 is 5.73 Å². The Morgan fingerprint density at radius 1 is 1.25 bits per heavy atom. The normalized spacial score (nSPS) is 14.7. The fourth-order valence-corrected chi connectivity index (χ4v) is 1.95. The molecule has 2 atom stereocenters. The Hall–Kier alpha value is -0.150. The van der Waals surface area contributed by atoms with Crippen LogP contribution in [0.4, 0.5) is 0 Å². The number of rotatable bonds is 10. The Bertz CT molecular complexity index is 185. The molecule has 0 fully saturated rings. The van der Waals surface area contributed by atoms with Crippen molar-refractivity contribution < 1.29 is 4.74 Å². The van der Waals surface area contributed by atoms with Crippen LogP contribution in [-0.2, 0) is 4.74 Å². The van der Waals surface area contributed by atoms with E-state index in [4.69, 9.17) is 22.7 Å². The maximum Gasteiger partial charge on any atom is 0.0753 e. The molecule has 2 nitrogen and oxygen atoms in total. The maximum atomic E-state index is 5.92. The third kappa shape index (κ3) is 9.10. The third-order valence-corrected chi connectivity index (χ3v) is 2.94. The van der Waals surface area contributed by atoms with E-state index in [0.29, 0.717) is 17.5 Å². The van der Waals surface area contributed by atoms with Gasteiger partial charge in [-0.05, 0) is 19.8 Å². The lowest BCUT2D eigenvalue weighted by atomic mass is 10.1. The van der Waals surface area contributed by atoms with Gasteiger partial charge >= 0.3 is 0 Å². The van der Waals surface area contributed by atoms with E-state index < -0.39 is 0 Å². The highest BCUT2D eigenvalue weighted by Crippen LogP contribution is 2.13.